The highest BCUT2D eigenvalue weighted by Gasteiger charge is 2.25. The van der Waals surface area contributed by atoms with E-state index in [-0.39, 0.29) is 29.5 Å². The number of hydrogen-bond acceptors (Lipinski definition) is 4. The lowest BCUT2D eigenvalue weighted by Crippen LogP contribution is -2.40. The molecule has 1 saturated heterocycles. The summed E-state index contributed by atoms with van der Waals surface area (Å²) in [6.07, 6.45) is 3.79. The maximum absolute atomic E-state index is 12.4. The second-order valence-corrected chi connectivity index (χ2v) is 5.49. The highest BCUT2D eigenvalue weighted by Crippen LogP contribution is 2.22. The lowest BCUT2D eigenvalue weighted by atomic mass is 9.93. The Balaban J connectivity index is 1.99. The molecule has 0 aliphatic carbocycles. The third-order valence-electron chi connectivity index (χ3n) is 3.84. The lowest BCUT2D eigenvalue weighted by molar-refractivity contribution is -0.137. The molecule has 1 atom stereocenters. The molecule has 1 aliphatic heterocycles. The van der Waals surface area contributed by atoms with E-state index in [0.717, 1.165) is 12.8 Å². The molecule has 2 heterocycles. The molecule has 0 spiro atoms. The molecule has 0 radical (unpaired) electrons. The van der Waals surface area contributed by atoms with Crippen LogP contribution in [0.2, 0.25) is 0 Å². The van der Waals surface area contributed by atoms with Gasteiger partial charge in [-0.2, -0.15) is 0 Å². The number of hydrogen-bond donors (Lipinski definition) is 2. The van der Waals surface area contributed by atoms with Gasteiger partial charge in [0.15, 0.2) is 0 Å². The SMILES string of the molecule is NC(=O)c1ccc(C(=O)N2CCCC(CCC(=O)O)C2)nc1. The van der Waals surface area contributed by atoms with Gasteiger partial charge in [-0.25, -0.2) is 0 Å². The first-order chi connectivity index (χ1) is 10.5. The average Bonchev–Trinajstić information content (AvgIpc) is 2.52. The van der Waals surface area contributed by atoms with Gasteiger partial charge in [-0.3, -0.25) is 19.4 Å². The smallest absolute Gasteiger partial charge is 0.303 e. The summed E-state index contributed by atoms with van der Waals surface area (Å²) in [6.45, 7) is 1.19. The predicted molar refractivity (Wildman–Crippen MR) is 78.3 cm³/mol. The zero-order valence-electron chi connectivity index (χ0n) is 12.2. The van der Waals surface area contributed by atoms with Gasteiger partial charge in [0.2, 0.25) is 5.91 Å². The van der Waals surface area contributed by atoms with Crippen LogP contribution in [-0.4, -0.2) is 45.9 Å². The maximum Gasteiger partial charge on any atom is 0.303 e. The second kappa shape index (κ2) is 7.02. The van der Waals surface area contributed by atoms with Gasteiger partial charge in [-0.05, 0) is 37.3 Å². The van der Waals surface area contributed by atoms with Gasteiger partial charge in [-0.1, -0.05) is 0 Å². The highest BCUT2D eigenvalue weighted by atomic mass is 16.4. The van der Waals surface area contributed by atoms with Crippen molar-refractivity contribution in [2.45, 2.75) is 25.7 Å². The number of carbonyl (C=O) groups is 3. The Hall–Kier alpha value is -2.44. The molecule has 0 aromatic carbocycles. The molecule has 7 nitrogen and oxygen atoms in total. The van der Waals surface area contributed by atoms with E-state index in [1.54, 1.807) is 4.90 Å². The number of carboxylic acids is 1. The summed E-state index contributed by atoms with van der Waals surface area (Å²) in [5.74, 6) is -1.39. The number of pyridine rings is 1. The summed E-state index contributed by atoms with van der Waals surface area (Å²) >= 11 is 0. The van der Waals surface area contributed by atoms with Crippen molar-refractivity contribution in [3.05, 3.63) is 29.6 Å². The molecule has 1 aliphatic rings. The summed E-state index contributed by atoms with van der Waals surface area (Å²) in [4.78, 5) is 39.7. The highest BCUT2D eigenvalue weighted by molar-refractivity contribution is 5.95. The largest absolute Gasteiger partial charge is 0.481 e. The molecular formula is C15H19N3O4. The van der Waals surface area contributed by atoms with E-state index < -0.39 is 11.9 Å². The Morgan fingerprint density at radius 2 is 2.14 bits per heavy atom. The molecule has 1 aromatic rings. The first-order valence-electron chi connectivity index (χ1n) is 7.24. The lowest BCUT2D eigenvalue weighted by Gasteiger charge is -2.32. The number of carbonyl (C=O) groups excluding carboxylic acids is 2. The van der Waals surface area contributed by atoms with Crippen LogP contribution in [0.15, 0.2) is 18.3 Å². The van der Waals surface area contributed by atoms with Crippen LogP contribution in [-0.2, 0) is 4.79 Å². The van der Waals surface area contributed by atoms with Crippen LogP contribution in [0.4, 0.5) is 0 Å². The molecule has 1 aromatic heterocycles. The molecule has 1 fully saturated rings. The zero-order valence-corrected chi connectivity index (χ0v) is 12.2. The Kier molecular flexibility index (Phi) is 5.08. The molecular weight excluding hydrogens is 286 g/mol. The average molecular weight is 305 g/mol. The summed E-state index contributed by atoms with van der Waals surface area (Å²) in [7, 11) is 0. The molecule has 0 saturated carbocycles. The fourth-order valence-electron chi connectivity index (χ4n) is 2.64. The molecule has 2 amide bonds. The van der Waals surface area contributed by atoms with Crippen molar-refractivity contribution in [2.75, 3.05) is 13.1 Å². The number of rotatable bonds is 5. The van der Waals surface area contributed by atoms with Crippen molar-refractivity contribution in [3.63, 3.8) is 0 Å². The van der Waals surface area contributed by atoms with Crippen LogP contribution >= 0.6 is 0 Å². The number of nitrogens with zero attached hydrogens (tertiary/aromatic N) is 2. The molecule has 0 bridgehead atoms. The third-order valence-corrected chi connectivity index (χ3v) is 3.84. The summed E-state index contributed by atoms with van der Waals surface area (Å²) in [6, 6.07) is 2.97. The quantitative estimate of drug-likeness (QED) is 0.839. The minimum Gasteiger partial charge on any atom is -0.481 e. The number of amides is 2. The number of primary amides is 1. The molecule has 3 N–H and O–H groups in total. The number of aromatic nitrogens is 1. The minimum atomic E-state index is -0.813. The number of piperidine rings is 1. The van der Waals surface area contributed by atoms with E-state index in [2.05, 4.69) is 4.98 Å². The van der Waals surface area contributed by atoms with Crippen molar-refractivity contribution in [2.24, 2.45) is 11.7 Å². The Morgan fingerprint density at radius 3 is 2.73 bits per heavy atom. The molecule has 2 rings (SSSR count). The monoisotopic (exact) mass is 305 g/mol. The minimum absolute atomic E-state index is 0.123. The van der Waals surface area contributed by atoms with Gasteiger partial charge in [0.25, 0.3) is 5.91 Å². The van der Waals surface area contributed by atoms with Crippen LogP contribution in [0.1, 0.15) is 46.5 Å². The van der Waals surface area contributed by atoms with Crippen molar-refractivity contribution >= 4 is 17.8 Å². The Labute approximate surface area is 128 Å². The van der Waals surface area contributed by atoms with Crippen molar-refractivity contribution in [1.82, 2.24) is 9.88 Å². The van der Waals surface area contributed by atoms with Crippen LogP contribution in [0, 0.1) is 5.92 Å². The van der Waals surface area contributed by atoms with Gasteiger partial charge in [0.05, 0.1) is 5.56 Å². The van der Waals surface area contributed by atoms with Crippen LogP contribution in [0.3, 0.4) is 0 Å². The van der Waals surface area contributed by atoms with Crippen LogP contribution < -0.4 is 5.73 Å². The first-order valence-corrected chi connectivity index (χ1v) is 7.24. The van der Waals surface area contributed by atoms with Crippen molar-refractivity contribution in [3.8, 4) is 0 Å². The van der Waals surface area contributed by atoms with Gasteiger partial charge in [0, 0.05) is 25.7 Å². The Morgan fingerprint density at radius 1 is 1.36 bits per heavy atom. The summed E-state index contributed by atoms with van der Waals surface area (Å²) in [5, 5.41) is 8.74. The van der Waals surface area contributed by atoms with E-state index in [4.69, 9.17) is 10.8 Å². The van der Waals surface area contributed by atoms with Crippen LogP contribution in [0.25, 0.3) is 0 Å². The maximum atomic E-state index is 12.4. The van der Waals surface area contributed by atoms with E-state index in [1.165, 1.54) is 18.3 Å². The number of likely N-dealkylation sites (tertiary alicyclic amines) is 1. The topological polar surface area (TPSA) is 114 Å². The molecule has 7 heteroatoms. The summed E-state index contributed by atoms with van der Waals surface area (Å²) in [5.41, 5.74) is 5.66. The Bertz CT molecular complexity index is 571. The van der Waals surface area contributed by atoms with Crippen LogP contribution in [0.5, 0.6) is 0 Å². The summed E-state index contributed by atoms with van der Waals surface area (Å²) < 4.78 is 0. The van der Waals surface area contributed by atoms with E-state index in [1.807, 2.05) is 0 Å². The predicted octanol–water partition coefficient (Wildman–Crippen LogP) is 0.897. The fourth-order valence-corrected chi connectivity index (χ4v) is 2.64. The third kappa shape index (κ3) is 4.03. The molecule has 22 heavy (non-hydrogen) atoms. The second-order valence-electron chi connectivity index (χ2n) is 5.49. The molecule has 118 valence electrons. The first kappa shape index (κ1) is 15.9. The van der Waals surface area contributed by atoms with Gasteiger partial charge in [-0.15, -0.1) is 0 Å². The van der Waals surface area contributed by atoms with E-state index >= 15 is 0 Å². The van der Waals surface area contributed by atoms with Gasteiger partial charge in [0.1, 0.15) is 5.69 Å². The normalized spacial score (nSPS) is 18.0. The van der Waals surface area contributed by atoms with Crippen molar-refractivity contribution in [1.29, 1.82) is 0 Å². The zero-order chi connectivity index (χ0) is 16.1. The number of nitrogens with two attached hydrogens (primary N) is 1. The van der Waals surface area contributed by atoms with E-state index in [9.17, 15) is 14.4 Å². The fraction of sp³-hybridized carbons (Fsp3) is 0.467. The standard InChI is InChI=1S/C15H19N3O4/c16-14(21)11-4-5-12(17-8-11)15(22)18-7-1-2-10(9-18)3-6-13(19)20/h4-5,8,10H,1-3,6-7,9H2,(H2,16,21)(H,19,20). The van der Waals surface area contributed by atoms with Gasteiger partial charge < -0.3 is 15.7 Å². The van der Waals surface area contributed by atoms with Crippen molar-refractivity contribution < 1.29 is 19.5 Å². The van der Waals surface area contributed by atoms with Gasteiger partial charge >= 0.3 is 5.97 Å². The number of carboxylic acid groups (broad SMARTS) is 1. The number of aliphatic carboxylic acids is 1. The van der Waals surface area contributed by atoms with E-state index in [0.29, 0.717) is 19.5 Å². The molecule has 1 unspecified atom stereocenters.